The summed E-state index contributed by atoms with van der Waals surface area (Å²) >= 11 is 1.69. The van der Waals surface area contributed by atoms with Crippen molar-refractivity contribution >= 4 is 29.5 Å². The highest BCUT2D eigenvalue weighted by atomic mass is 32.2. The second kappa shape index (κ2) is 13.3. The molecule has 0 heterocycles. The van der Waals surface area contributed by atoms with E-state index in [1.54, 1.807) is 24.3 Å². The average Bonchev–Trinajstić information content (AvgIpc) is 3.01. The van der Waals surface area contributed by atoms with Crippen LogP contribution in [-0.2, 0) is 19.1 Å². The first-order chi connectivity index (χ1) is 22.0. The molecule has 0 radical (unpaired) electrons. The summed E-state index contributed by atoms with van der Waals surface area (Å²) in [7, 11) is 0. The molecule has 2 unspecified atom stereocenters. The molecular weight excluding hydrogens is 607 g/mol. The third kappa shape index (κ3) is 5.91. The predicted octanol–water partition coefficient (Wildman–Crippen LogP) is 6.89. The fourth-order valence-electron chi connectivity index (χ4n) is 12.3. The largest absolute Gasteiger partial charge is 0.462 e. The zero-order valence-electron chi connectivity index (χ0n) is 30.9. The van der Waals surface area contributed by atoms with Crippen LogP contribution < -0.4 is 16.4 Å². The summed E-state index contributed by atoms with van der Waals surface area (Å²) in [6.45, 7) is 19.6. The van der Waals surface area contributed by atoms with Crippen LogP contribution in [0.25, 0.3) is 0 Å². The number of fused-ring (bicyclic) bond motifs is 7. The monoisotopic (exact) mass is 671 g/mol. The molecule has 0 bridgehead atoms. The van der Waals surface area contributed by atoms with E-state index in [4.69, 9.17) is 10.5 Å². The van der Waals surface area contributed by atoms with Gasteiger partial charge in [0.05, 0.1) is 11.5 Å². The Morgan fingerprint density at radius 3 is 2.34 bits per heavy atom. The fourth-order valence-corrected chi connectivity index (χ4v) is 12.8. The first-order valence-electron chi connectivity index (χ1n) is 18.7. The van der Waals surface area contributed by atoms with Gasteiger partial charge >= 0.3 is 5.97 Å². The summed E-state index contributed by atoms with van der Waals surface area (Å²) in [5.74, 6) is 3.04. The molecule has 7 nitrogen and oxygen atoms in total. The molecule has 0 aromatic carbocycles. The Morgan fingerprint density at radius 1 is 0.957 bits per heavy atom. The fraction of sp³-hybridized carbons (Fsp3) is 0.872. The van der Waals surface area contributed by atoms with Crippen molar-refractivity contribution in [2.45, 2.75) is 132 Å². The molecule has 0 aromatic rings. The number of ether oxygens (including phenoxy) is 1. The molecule has 47 heavy (non-hydrogen) atoms. The van der Waals surface area contributed by atoms with Crippen LogP contribution in [-0.4, -0.2) is 55.0 Å². The van der Waals surface area contributed by atoms with E-state index in [9.17, 15) is 14.4 Å². The number of amides is 2. The highest BCUT2D eigenvalue weighted by Crippen LogP contribution is 2.75. The minimum Gasteiger partial charge on any atom is -0.462 e. The lowest BCUT2D eigenvalue weighted by atomic mass is 9.33. The molecule has 4 N–H and O–H groups in total. The molecule has 0 spiro atoms. The van der Waals surface area contributed by atoms with Crippen LogP contribution in [0.3, 0.4) is 0 Å². The number of rotatable bonds is 9. The topological polar surface area (TPSA) is 111 Å². The number of nitrogens with one attached hydrogen (secondary N) is 2. The summed E-state index contributed by atoms with van der Waals surface area (Å²) in [5, 5.41) is 6.24. The predicted molar refractivity (Wildman–Crippen MR) is 192 cm³/mol. The lowest BCUT2D eigenvalue weighted by Crippen LogP contribution is -2.66. The maximum Gasteiger partial charge on any atom is 0.302 e. The highest BCUT2D eigenvalue weighted by molar-refractivity contribution is 7.98. The minimum absolute atomic E-state index is 0.0173. The number of hydrogen-bond acceptors (Lipinski definition) is 6. The molecule has 266 valence electrons. The molecular formula is C39H65N3O4S. The van der Waals surface area contributed by atoms with Gasteiger partial charge in [0.1, 0.15) is 6.10 Å². The number of hydrogen-bond donors (Lipinski definition) is 3. The van der Waals surface area contributed by atoms with Crippen LogP contribution in [0.5, 0.6) is 0 Å². The van der Waals surface area contributed by atoms with Gasteiger partial charge in [0.2, 0.25) is 11.8 Å². The van der Waals surface area contributed by atoms with Crippen LogP contribution >= 0.6 is 11.8 Å². The molecule has 0 aromatic heterocycles. The van der Waals surface area contributed by atoms with Crippen molar-refractivity contribution in [3.05, 3.63) is 11.6 Å². The van der Waals surface area contributed by atoms with Crippen molar-refractivity contribution < 1.29 is 19.1 Å². The van der Waals surface area contributed by atoms with Crippen molar-refractivity contribution in [3.63, 3.8) is 0 Å². The molecule has 2 amide bonds. The van der Waals surface area contributed by atoms with E-state index in [1.165, 1.54) is 6.42 Å². The van der Waals surface area contributed by atoms with Crippen LogP contribution in [0.2, 0.25) is 0 Å². The van der Waals surface area contributed by atoms with E-state index in [2.05, 4.69) is 65.2 Å². The number of allylic oxidation sites excluding steroid dienone is 2. The van der Waals surface area contributed by atoms with Gasteiger partial charge in [-0.15, -0.1) is 0 Å². The van der Waals surface area contributed by atoms with Gasteiger partial charge in [-0.1, -0.05) is 60.1 Å². The molecule has 4 fully saturated rings. The molecule has 0 saturated heterocycles. The minimum atomic E-state index is -0.506. The first-order valence-corrected chi connectivity index (χ1v) is 20.1. The molecule has 5 aliphatic rings. The van der Waals surface area contributed by atoms with E-state index in [1.807, 2.05) is 6.26 Å². The van der Waals surface area contributed by atoms with Gasteiger partial charge in [0.15, 0.2) is 0 Å². The average molecular weight is 672 g/mol. The number of esters is 1. The third-order valence-electron chi connectivity index (χ3n) is 15.4. The van der Waals surface area contributed by atoms with Crippen molar-refractivity contribution in [3.8, 4) is 0 Å². The van der Waals surface area contributed by atoms with Gasteiger partial charge < -0.3 is 21.1 Å². The maximum atomic E-state index is 14.4. The zero-order chi connectivity index (χ0) is 34.6. The molecule has 11 atom stereocenters. The molecule has 5 rings (SSSR count). The van der Waals surface area contributed by atoms with Crippen molar-refractivity contribution in [2.24, 2.45) is 62.4 Å². The molecule has 4 saturated carbocycles. The Kier molecular flexibility index (Phi) is 10.4. The van der Waals surface area contributed by atoms with Crippen LogP contribution in [0.15, 0.2) is 11.6 Å². The van der Waals surface area contributed by atoms with E-state index in [0.29, 0.717) is 43.2 Å². The van der Waals surface area contributed by atoms with Crippen molar-refractivity contribution in [2.75, 3.05) is 25.1 Å². The summed E-state index contributed by atoms with van der Waals surface area (Å²) < 4.78 is 5.94. The SMILES string of the molecule is CSCCC(N)C(=O)NCCNC(=O)[C@]12CC[C@@H](C)[C@H](C)[C@H]1C1=CCC3[C@@]4(C)CC[C@H](OC(C)=O)C(C)(C)[C@@H]4CC[C@@]3(C)[C@]1(C)CC2. The molecule has 0 aliphatic heterocycles. The number of carbonyl (C=O) groups is 3. The van der Waals surface area contributed by atoms with Gasteiger partial charge in [0.25, 0.3) is 0 Å². The summed E-state index contributed by atoms with van der Waals surface area (Å²) in [5.41, 5.74) is 7.53. The Balaban J connectivity index is 1.39. The van der Waals surface area contributed by atoms with Crippen LogP contribution in [0, 0.1) is 56.7 Å². The van der Waals surface area contributed by atoms with Crippen molar-refractivity contribution in [1.82, 2.24) is 10.6 Å². The lowest BCUT2D eigenvalue weighted by molar-refractivity contribution is -0.212. The Hall–Kier alpha value is -1.54. The number of nitrogens with two attached hydrogens (primary N) is 1. The lowest BCUT2D eigenvalue weighted by Gasteiger charge is -2.71. The van der Waals surface area contributed by atoms with E-state index < -0.39 is 11.5 Å². The first kappa shape index (κ1) is 36.7. The standard InChI is InChI=1S/C39H65N3O4S/c1-24-12-18-39(34(45)42-22-21-41-33(44)28(40)15-23-47-9)20-19-37(7)27(32(39)25(24)2)10-11-30-36(6)16-14-31(46-26(3)43)35(4,5)29(36)13-17-38(30,37)8/h10,24-25,28-32H,11-23,40H2,1-9H3,(H,41,44)(H,42,45)/t24-,25+,28?,29+,30?,31+,32+,36+,37-,38-,39+/m1/s1. The van der Waals surface area contributed by atoms with E-state index in [0.717, 1.165) is 57.1 Å². The highest BCUT2D eigenvalue weighted by Gasteiger charge is 2.69. The van der Waals surface area contributed by atoms with Gasteiger partial charge in [-0.25, -0.2) is 0 Å². The second-order valence-electron chi connectivity index (χ2n) is 17.7. The van der Waals surface area contributed by atoms with Gasteiger partial charge in [-0.05, 0) is 122 Å². The number of thioether (sulfide) groups is 1. The summed E-state index contributed by atoms with van der Waals surface area (Å²) in [6.07, 6.45) is 14.7. The Morgan fingerprint density at radius 2 is 1.66 bits per heavy atom. The summed E-state index contributed by atoms with van der Waals surface area (Å²) in [6, 6.07) is -0.506. The smallest absolute Gasteiger partial charge is 0.302 e. The van der Waals surface area contributed by atoms with Crippen LogP contribution in [0.1, 0.15) is 120 Å². The van der Waals surface area contributed by atoms with Gasteiger partial charge in [-0.3, -0.25) is 14.4 Å². The van der Waals surface area contributed by atoms with Gasteiger partial charge in [-0.2, -0.15) is 11.8 Å². The maximum absolute atomic E-state index is 14.4. The zero-order valence-corrected chi connectivity index (χ0v) is 31.7. The quantitative estimate of drug-likeness (QED) is 0.140. The molecule has 5 aliphatic carbocycles. The molecule has 8 heteroatoms. The second-order valence-corrected chi connectivity index (χ2v) is 18.7. The van der Waals surface area contributed by atoms with E-state index >= 15 is 0 Å². The van der Waals surface area contributed by atoms with E-state index in [-0.39, 0.29) is 51.5 Å². The normalized spacial score (nSPS) is 42.7. The van der Waals surface area contributed by atoms with Crippen LogP contribution in [0.4, 0.5) is 0 Å². The summed E-state index contributed by atoms with van der Waals surface area (Å²) in [4.78, 5) is 38.9. The Labute approximate surface area is 289 Å². The van der Waals surface area contributed by atoms with Crippen molar-refractivity contribution in [1.29, 1.82) is 0 Å². The Bertz CT molecular complexity index is 1250. The third-order valence-corrected chi connectivity index (χ3v) is 16.0. The number of carbonyl (C=O) groups excluding carboxylic acids is 3. The van der Waals surface area contributed by atoms with Gasteiger partial charge in [0, 0.05) is 25.4 Å².